The Labute approximate surface area is 153 Å². The van der Waals surface area contributed by atoms with Gasteiger partial charge in [0.15, 0.2) is 0 Å². The number of thioether (sulfide) groups is 1. The molecule has 0 bridgehead atoms. The minimum Gasteiger partial charge on any atom is -0.433 e. The number of fused-ring (bicyclic) bond motifs is 1. The van der Waals surface area contributed by atoms with Crippen LogP contribution < -0.4 is 15.4 Å². The van der Waals surface area contributed by atoms with Crippen LogP contribution in [0.4, 0.5) is 23.7 Å². The van der Waals surface area contributed by atoms with Gasteiger partial charge in [-0.3, -0.25) is 0 Å². The van der Waals surface area contributed by atoms with Crippen LogP contribution in [0.15, 0.2) is 41.3 Å². The second-order valence-electron chi connectivity index (χ2n) is 5.80. The molecule has 2 aromatic carbocycles. The predicted molar refractivity (Wildman–Crippen MR) is 94.4 cm³/mol. The molecule has 1 aliphatic heterocycles. The van der Waals surface area contributed by atoms with Gasteiger partial charge in [-0.25, -0.2) is 9.18 Å². The fourth-order valence-electron chi connectivity index (χ4n) is 2.82. The van der Waals surface area contributed by atoms with Crippen molar-refractivity contribution >= 4 is 23.5 Å². The lowest BCUT2D eigenvalue weighted by Gasteiger charge is -2.26. The van der Waals surface area contributed by atoms with Gasteiger partial charge in [0.2, 0.25) is 0 Å². The number of hydrogen-bond donors (Lipinski definition) is 2. The van der Waals surface area contributed by atoms with E-state index in [1.807, 2.05) is 0 Å². The van der Waals surface area contributed by atoms with Crippen LogP contribution in [-0.2, 0) is 0 Å². The smallest absolute Gasteiger partial charge is 0.387 e. The largest absolute Gasteiger partial charge is 0.433 e. The summed E-state index contributed by atoms with van der Waals surface area (Å²) in [5, 5.41) is 5.35. The fourth-order valence-corrected chi connectivity index (χ4v) is 3.92. The van der Waals surface area contributed by atoms with E-state index in [0.29, 0.717) is 17.5 Å². The summed E-state index contributed by atoms with van der Waals surface area (Å²) in [6.07, 6.45) is 0.642. The number of nitrogens with one attached hydrogen (secondary N) is 2. The Balaban J connectivity index is 1.76. The van der Waals surface area contributed by atoms with E-state index in [4.69, 9.17) is 0 Å². The molecular formula is C18H17F3N2O2S. The molecule has 138 valence electrons. The van der Waals surface area contributed by atoms with E-state index in [1.165, 1.54) is 18.2 Å². The molecule has 8 heteroatoms. The molecule has 2 N–H and O–H groups in total. The zero-order chi connectivity index (χ0) is 18.7. The summed E-state index contributed by atoms with van der Waals surface area (Å²) >= 11 is 1.60. The lowest BCUT2D eigenvalue weighted by molar-refractivity contribution is -0.0493. The second-order valence-corrected chi connectivity index (χ2v) is 6.93. The predicted octanol–water partition coefficient (Wildman–Crippen LogP) is 5.09. The quantitative estimate of drug-likeness (QED) is 0.774. The Kier molecular flexibility index (Phi) is 5.61. The van der Waals surface area contributed by atoms with Gasteiger partial charge in [-0.05, 0) is 48.7 Å². The van der Waals surface area contributed by atoms with Gasteiger partial charge in [-0.1, -0.05) is 12.1 Å². The van der Waals surface area contributed by atoms with E-state index in [1.54, 1.807) is 36.9 Å². The van der Waals surface area contributed by atoms with E-state index in [-0.39, 0.29) is 23.3 Å². The van der Waals surface area contributed by atoms with Crippen LogP contribution in [0.3, 0.4) is 0 Å². The zero-order valence-electron chi connectivity index (χ0n) is 13.9. The number of aryl methyl sites for hydroxylation is 1. The topological polar surface area (TPSA) is 50.4 Å². The molecule has 1 aliphatic rings. The van der Waals surface area contributed by atoms with E-state index in [9.17, 15) is 18.0 Å². The van der Waals surface area contributed by atoms with Crippen LogP contribution in [0.1, 0.15) is 23.6 Å². The lowest BCUT2D eigenvalue weighted by Crippen LogP contribution is -2.34. The van der Waals surface area contributed by atoms with Crippen molar-refractivity contribution in [2.75, 3.05) is 11.1 Å². The van der Waals surface area contributed by atoms with Crippen LogP contribution in [0.25, 0.3) is 0 Å². The average molecular weight is 382 g/mol. The molecule has 4 nitrogen and oxygen atoms in total. The molecule has 3 rings (SSSR count). The third-order valence-electron chi connectivity index (χ3n) is 4.01. The molecule has 1 heterocycles. The molecule has 2 amide bonds. The number of alkyl halides is 2. The van der Waals surface area contributed by atoms with Crippen LogP contribution in [-0.4, -0.2) is 18.4 Å². The number of ether oxygens (including phenoxy) is 1. The second kappa shape index (κ2) is 7.90. The molecule has 0 fully saturated rings. The van der Waals surface area contributed by atoms with Crippen LogP contribution in [0.5, 0.6) is 5.75 Å². The maximum Gasteiger partial charge on any atom is 0.387 e. The van der Waals surface area contributed by atoms with Crippen LogP contribution in [0.2, 0.25) is 0 Å². The van der Waals surface area contributed by atoms with Crippen molar-refractivity contribution in [2.45, 2.75) is 30.9 Å². The molecule has 26 heavy (non-hydrogen) atoms. The van der Waals surface area contributed by atoms with Gasteiger partial charge < -0.3 is 15.4 Å². The number of rotatable bonds is 4. The number of amides is 2. The number of halogens is 3. The van der Waals surface area contributed by atoms with Crippen molar-refractivity contribution in [2.24, 2.45) is 0 Å². The summed E-state index contributed by atoms with van der Waals surface area (Å²) in [5.41, 5.74) is 1.48. The van der Waals surface area contributed by atoms with Gasteiger partial charge in [0.05, 0.1) is 11.7 Å². The third-order valence-corrected chi connectivity index (χ3v) is 5.13. The molecule has 1 unspecified atom stereocenters. The zero-order valence-corrected chi connectivity index (χ0v) is 14.7. The SMILES string of the molecule is Cc1cccc(OC(F)F)c1NC(=O)NC1CCSc2ccc(F)cc21. The normalized spacial score (nSPS) is 16.1. The number of benzene rings is 2. The Morgan fingerprint density at radius 1 is 1.31 bits per heavy atom. The highest BCUT2D eigenvalue weighted by molar-refractivity contribution is 7.99. The molecule has 1 atom stereocenters. The first-order valence-corrected chi connectivity index (χ1v) is 8.97. The number of carbonyl (C=O) groups is 1. The highest BCUT2D eigenvalue weighted by atomic mass is 32.2. The summed E-state index contributed by atoms with van der Waals surface area (Å²) < 4.78 is 43.1. The van der Waals surface area contributed by atoms with E-state index in [2.05, 4.69) is 15.4 Å². The van der Waals surface area contributed by atoms with E-state index >= 15 is 0 Å². The number of hydrogen-bond acceptors (Lipinski definition) is 3. The minimum atomic E-state index is -2.99. The standard InChI is InChI=1S/C18H17F3N2O2S/c1-10-3-2-4-14(25-17(20)21)16(10)23-18(24)22-13-7-8-26-15-6-5-11(19)9-12(13)15/h2-6,9,13,17H,7-8H2,1H3,(H2,22,23,24). The molecule has 0 saturated heterocycles. The highest BCUT2D eigenvalue weighted by Gasteiger charge is 2.23. The molecule has 0 spiro atoms. The first kappa shape index (κ1) is 18.4. The maximum atomic E-state index is 13.6. The maximum absolute atomic E-state index is 13.6. The first-order valence-electron chi connectivity index (χ1n) is 7.98. The van der Waals surface area contributed by atoms with Gasteiger partial charge in [0.25, 0.3) is 0 Å². The van der Waals surface area contributed by atoms with Gasteiger partial charge in [-0.15, -0.1) is 11.8 Å². The number of carbonyl (C=O) groups excluding carboxylic acids is 1. The Morgan fingerprint density at radius 2 is 2.12 bits per heavy atom. The molecule has 0 radical (unpaired) electrons. The van der Waals surface area contributed by atoms with Crippen LogP contribution in [0, 0.1) is 12.7 Å². The Bertz CT molecular complexity index is 817. The molecule has 2 aromatic rings. The van der Waals surface area contributed by atoms with Gasteiger partial charge in [-0.2, -0.15) is 8.78 Å². The molecule has 0 saturated carbocycles. The van der Waals surface area contributed by atoms with Crippen molar-refractivity contribution in [3.05, 3.63) is 53.3 Å². The molecule has 0 aliphatic carbocycles. The number of urea groups is 1. The Morgan fingerprint density at radius 3 is 2.88 bits per heavy atom. The van der Waals surface area contributed by atoms with Gasteiger partial charge in [0, 0.05) is 10.6 Å². The van der Waals surface area contributed by atoms with Crippen molar-refractivity contribution in [1.29, 1.82) is 0 Å². The summed E-state index contributed by atoms with van der Waals surface area (Å²) in [6.45, 7) is -1.32. The van der Waals surface area contributed by atoms with E-state index < -0.39 is 12.6 Å². The monoisotopic (exact) mass is 382 g/mol. The summed E-state index contributed by atoms with van der Waals surface area (Å²) in [5.74, 6) is 0.305. The van der Waals surface area contributed by atoms with Crippen molar-refractivity contribution < 1.29 is 22.7 Å². The summed E-state index contributed by atoms with van der Waals surface area (Å²) in [4.78, 5) is 13.3. The fraction of sp³-hybridized carbons (Fsp3) is 0.278. The summed E-state index contributed by atoms with van der Waals surface area (Å²) in [7, 11) is 0. The highest BCUT2D eigenvalue weighted by Crippen LogP contribution is 2.36. The number of anilines is 1. The van der Waals surface area contributed by atoms with Crippen LogP contribution >= 0.6 is 11.8 Å². The van der Waals surface area contributed by atoms with Gasteiger partial charge >= 0.3 is 12.6 Å². The molecule has 0 aromatic heterocycles. The summed E-state index contributed by atoms with van der Waals surface area (Å²) in [6, 6.07) is 8.16. The average Bonchev–Trinajstić information content (AvgIpc) is 2.58. The molecular weight excluding hydrogens is 365 g/mol. The Hall–Kier alpha value is -2.35. The van der Waals surface area contributed by atoms with Crippen molar-refractivity contribution in [3.8, 4) is 5.75 Å². The van der Waals surface area contributed by atoms with Crippen molar-refractivity contribution in [1.82, 2.24) is 5.32 Å². The first-order chi connectivity index (χ1) is 12.4. The lowest BCUT2D eigenvalue weighted by atomic mass is 10.0. The number of para-hydroxylation sites is 1. The third kappa shape index (κ3) is 4.24. The van der Waals surface area contributed by atoms with Gasteiger partial charge in [0.1, 0.15) is 11.6 Å². The van der Waals surface area contributed by atoms with E-state index in [0.717, 1.165) is 10.6 Å². The minimum absolute atomic E-state index is 0.110. The van der Waals surface area contributed by atoms with Crippen molar-refractivity contribution in [3.63, 3.8) is 0 Å².